The van der Waals surface area contributed by atoms with E-state index in [0.29, 0.717) is 5.54 Å². The van der Waals surface area contributed by atoms with Gasteiger partial charge in [-0.05, 0) is 72.2 Å². The summed E-state index contributed by atoms with van der Waals surface area (Å²) in [4.78, 5) is 5.64. The summed E-state index contributed by atoms with van der Waals surface area (Å²) in [6.07, 6.45) is 10.9. The van der Waals surface area contributed by atoms with E-state index in [1.54, 1.807) is 11.3 Å². The number of nitrogens with zero attached hydrogens (tertiary/aromatic N) is 1. The Morgan fingerprint density at radius 3 is 2.33 bits per heavy atom. The van der Waals surface area contributed by atoms with Gasteiger partial charge in [0, 0.05) is 23.2 Å². The number of hydrogen-bond donors (Lipinski definition) is 1. The SMILES string of the molecule is Brc1ncc(CNC23CC4CC(CC(C4)C2)C3)s1. The summed E-state index contributed by atoms with van der Waals surface area (Å²) in [5.41, 5.74) is 0.477. The summed E-state index contributed by atoms with van der Waals surface area (Å²) in [7, 11) is 0. The van der Waals surface area contributed by atoms with Crippen molar-refractivity contribution < 1.29 is 0 Å². The summed E-state index contributed by atoms with van der Waals surface area (Å²) in [6, 6.07) is 0. The van der Waals surface area contributed by atoms with Crippen LogP contribution in [-0.2, 0) is 6.54 Å². The average Bonchev–Trinajstić information content (AvgIpc) is 2.71. The molecule has 4 aliphatic rings. The summed E-state index contributed by atoms with van der Waals surface area (Å²) < 4.78 is 1.00. The van der Waals surface area contributed by atoms with Gasteiger partial charge in [-0.1, -0.05) is 0 Å². The largest absolute Gasteiger partial charge is 0.306 e. The van der Waals surface area contributed by atoms with Gasteiger partial charge in [-0.3, -0.25) is 0 Å². The van der Waals surface area contributed by atoms with Crippen molar-refractivity contribution >= 4 is 27.3 Å². The molecular weight excluding hydrogens is 308 g/mol. The highest BCUT2D eigenvalue weighted by Crippen LogP contribution is 2.55. The van der Waals surface area contributed by atoms with Crippen molar-refractivity contribution in [1.82, 2.24) is 10.3 Å². The summed E-state index contributed by atoms with van der Waals surface area (Å²) >= 11 is 5.20. The predicted molar refractivity (Wildman–Crippen MR) is 77.6 cm³/mol. The van der Waals surface area contributed by atoms with Crippen molar-refractivity contribution in [3.8, 4) is 0 Å². The lowest BCUT2D eigenvalue weighted by atomic mass is 9.53. The van der Waals surface area contributed by atoms with Crippen LogP contribution in [0.2, 0.25) is 0 Å². The van der Waals surface area contributed by atoms with Gasteiger partial charge in [0.1, 0.15) is 0 Å². The first kappa shape index (κ1) is 11.9. The number of thiazole rings is 1. The standard InChI is InChI=1S/C14H19BrN2S/c15-13-16-7-12(18-13)8-17-14-4-9-1-10(5-14)3-11(2-9)6-14/h7,9-11,17H,1-6,8H2. The summed E-state index contributed by atoms with van der Waals surface area (Å²) in [5.74, 6) is 3.07. The Balaban J connectivity index is 1.47. The zero-order valence-electron chi connectivity index (χ0n) is 10.5. The number of nitrogens with one attached hydrogen (secondary N) is 1. The normalized spacial score (nSPS) is 41.5. The molecule has 4 fully saturated rings. The van der Waals surface area contributed by atoms with E-state index < -0.39 is 0 Å². The molecule has 18 heavy (non-hydrogen) atoms. The lowest BCUT2D eigenvalue weighted by Crippen LogP contribution is -2.58. The molecule has 2 nitrogen and oxygen atoms in total. The smallest absolute Gasteiger partial charge is 0.159 e. The van der Waals surface area contributed by atoms with Crippen LogP contribution in [0.5, 0.6) is 0 Å². The first-order chi connectivity index (χ1) is 8.71. The maximum absolute atomic E-state index is 4.28. The van der Waals surface area contributed by atoms with E-state index in [9.17, 15) is 0 Å². The molecule has 0 aromatic carbocycles. The molecule has 1 aromatic rings. The van der Waals surface area contributed by atoms with E-state index in [0.717, 1.165) is 28.2 Å². The molecule has 0 aliphatic heterocycles. The number of hydrogen-bond acceptors (Lipinski definition) is 3. The van der Waals surface area contributed by atoms with Crippen LogP contribution in [0.3, 0.4) is 0 Å². The van der Waals surface area contributed by atoms with Gasteiger partial charge in [0.15, 0.2) is 3.92 Å². The number of rotatable bonds is 3. The molecule has 0 spiro atoms. The van der Waals surface area contributed by atoms with Crippen LogP contribution in [0.15, 0.2) is 10.1 Å². The van der Waals surface area contributed by atoms with Gasteiger partial charge in [-0.25, -0.2) is 4.98 Å². The maximum Gasteiger partial charge on any atom is 0.159 e. The van der Waals surface area contributed by atoms with Crippen LogP contribution in [0.1, 0.15) is 43.4 Å². The molecule has 0 radical (unpaired) electrons. The first-order valence-electron chi connectivity index (χ1n) is 7.06. The molecule has 98 valence electrons. The van der Waals surface area contributed by atoms with Crippen molar-refractivity contribution in [2.75, 3.05) is 0 Å². The highest BCUT2D eigenvalue weighted by Gasteiger charge is 2.50. The van der Waals surface area contributed by atoms with Crippen molar-refractivity contribution in [1.29, 1.82) is 0 Å². The zero-order chi connectivity index (χ0) is 12.2. The number of aromatic nitrogens is 1. The molecule has 4 saturated carbocycles. The molecule has 5 rings (SSSR count). The topological polar surface area (TPSA) is 24.9 Å². The van der Waals surface area contributed by atoms with E-state index in [1.165, 1.54) is 43.4 Å². The van der Waals surface area contributed by atoms with Crippen molar-refractivity contribution in [2.45, 2.75) is 50.6 Å². The van der Waals surface area contributed by atoms with Crippen molar-refractivity contribution in [3.63, 3.8) is 0 Å². The van der Waals surface area contributed by atoms with Gasteiger partial charge in [0.2, 0.25) is 0 Å². The monoisotopic (exact) mass is 326 g/mol. The maximum atomic E-state index is 4.28. The first-order valence-corrected chi connectivity index (χ1v) is 8.67. The van der Waals surface area contributed by atoms with E-state index in [-0.39, 0.29) is 0 Å². The third kappa shape index (κ3) is 2.06. The molecule has 0 unspecified atom stereocenters. The Hall–Kier alpha value is 0.0700. The molecule has 0 amide bonds. The molecule has 4 heteroatoms. The Labute approximate surface area is 121 Å². The van der Waals surface area contributed by atoms with E-state index >= 15 is 0 Å². The Kier molecular flexibility index (Phi) is 2.82. The van der Waals surface area contributed by atoms with Crippen LogP contribution < -0.4 is 5.32 Å². The second-order valence-electron chi connectivity index (χ2n) is 6.63. The fourth-order valence-corrected chi connectivity index (χ4v) is 6.26. The molecule has 0 atom stereocenters. The zero-order valence-corrected chi connectivity index (χ0v) is 12.9. The van der Waals surface area contributed by atoms with Gasteiger partial charge in [-0.15, -0.1) is 11.3 Å². The fraction of sp³-hybridized carbons (Fsp3) is 0.786. The van der Waals surface area contributed by atoms with Gasteiger partial charge >= 0.3 is 0 Å². The van der Waals surface area contributed by atoms with Gasteiger partial charge in [0.05, 0.1) is 0 Å². The van der Waals surface area contributed by atoms with Gasteiger partial charge in [-0.2, -0.15) is 0 Å². The lowest BCUT2D eigenvalue weighted by Gasteiger charge is -2.57. The fourth-order valence-electron chi connectivity index (χ4n) is 4.97. The highest BCUT2D eigenvalue weighted by molar-refractivity contribution is 9.11. The molecule has 4 bridgehead atoms. The minimum absolute atomic E-state index is 0.477. The lowest BCUT2D eigenvalue weighted by molar-refractivity contribution is -0.0204. The Morgan fingerprint density at radius 1 is 1.22 bits per heavy atom. The number of halogens is 1. The van der Waals surface area contributed by atoms with E-state index in [4.69, 9.17) is 0 Å². The molecular formula is C14H19BrN2S. The minimum atomic E-state index is 0.477. The molecule has 0 saturated heterocycles. The second-order valence-corrected chi connectivity index (χ2v) is 9.02. The predicted octanol–water partition coefficient (Wildman–Crippen LogP) is 3.96. The summed E-state index contributed by atoms with van der Waals surface area (Å²) in [5, 5.41) is 3.91. The third-order valence-corrected chi connectivity index (χ3v) is 6.68. The Bertz CT molecular complexity index is 421. The van der Waals surface area contributed by atoms with Crippen LogP contribution in [0.4, 0.5) is 0 Å². The molecule has 1 heterocycles. The third-order valence-electron chi connectivity index (χ3n) is 5.20. The highest BCUT2D eigenvalue weighted by atomic mass is 79.9. The minimum Gasteiger partial charge on any atom is -0.306 e. The molecule has 4 aliphatic carbocycles. The summed E-state index contributed by atoms with van der Waals surface area (Å²) in [6.45, 7) is 1.01. The molecule has 1 N–H and O–H groups in total. The van der Waals surface area contributed by atoms with Gasteiger partial charge in [0.25, 0.3) is 0 Å². The average molecular weight is 327 g/mol. The van der Waals surface area contributed by atoms with Crippen LogP contribution in [0, 0.1) is 17.8 Å². The molecule has 1 aromatic heterocycles. The van der Waals surface area contributed by atoms with E-state index in [1.807, 2.05) is 6.20 Å². The van der Waals surface area contributed by atoms with Crippen LogP contribution in [-0.4, -0.2) is 10.5 Å². The van der Waals surface area contributed by atoms with Gasteiger partial charge < -0.3 is 5.32 Å². The second kappa shape index (κ2) is 4.29. The van der Waals surface area contributed by atoms with E-state index in [2.05, 4.69) is 26.2 Å². The van der Waals surface area contributed by atoms with Crippen molar-refractivity contribution in [3.05, 3.63) is 15.0 Å². The van der Waals surface area contributed by atoms with Crippen LogP contribution >= 0.6 is 27.3 Å². The Morgan fingerprint density at radius 2 is 1.83 bits per heavy atom. The van der Waals surface area contributed by atoms with Crippen LogP contribution in [0.25, 0.3) is 0 Å². The quantitative estimate of drug-likeness (QED) is 0.909. The van der Waals surface area contributed by atoms with Crippen molar-refractivity contribution in [2.24, 2.45) is 17.8 Å².